The first-order chi connectivity index (χ1) is 8.02. The van der Waals surface area contributed by atoms with Crippen LogP contribution < -0.4 is 5.11 Å². The quantitative estimate of drug-likeness (QED) is 0.558. The molecule has 4 nitrogen and oxygen atoms in total. The molecule has 4 heteroatoms. The number of hydrogen-bond donors (Lipinski definition) is 0. The van der Waals surface area contributed by atoms with Gasteiger partial charge in [-0.05, 0) is 12.5 Å². The Balaban J connectivity index is 2.45. The van der Waals surface area contributed by atoms with Crippen LogP contribution in [0.15, 0.2) is 29.8 Å². The Labute approximate surface area is 97.6 Å². The Morgan fingerprint density at radius 1 is 1.18 bits per heavy atom. The molecule has 1 aliphatic carbocycles. The van der Waals surface area contributed by atoms with E-state index in [4.69, 9.17) is 0 Å². The zero-order valence-corrected chi connectivity index (χ0v) is 9.15. The predicted molar refractivity (Wildman–Crippen MR) is 58.0 cm³/mol. The number of Topliss-reactive ketones (excluding diaryl/α,β-unsaturated/α-hetero) is 3. The molecule has 0 N–H and O–H groups in total. The molecule has 0 heterocycles. The molecule has 0 fully saturated rings. The molecule has 0 amide bonds. The van der Waals surface area contributed by atoms with E-state index >= 15 is 0 Å². The number of benzene rings is 1. The van der Waals surface area contributed by atoms with Gasteiger partial charge in [-0.25, -0.2) is 0 Å². The minimum absolute atomic E-state index is 0.240. The minimum Gasteiger partial charge on any atom is -0.871 e. The largest absolute Gasteiger partial charge is 0.871 e. The van der Waals surface area contributed by atoms with Crippen molar-refractivity contribution in [2.75, 3.05) is 0 Å². The van der Waals surface area contributed by atoms with E-state index in [0.29, 0.717) is 0 Å². The van der Waals surface area contributed by atoms with E-state index in [-0.39, 0.29) is 22.5 Å². The molecule has 0 aliphatic heterocycles. The van der Waals surface area contributed by atoms with Crippen LogP contribution in [0.4, 0.5) is 0 Å². The molecule has 0 atom stereocenters. The summed E-state index contributed by atoms with van der Waals surface area (Å²) in [7, 11) is 0. The Morgan fingerprint density at radius 2 is 1.76 bits per heavy atom. The molecule has 0 radical (unpaired) electrons. The summed E-state index contributed by atoms with van der Waals surface area (Å²) in [4.78, 5) is 34.3. The molecular formula is C13H9O4-. The topological polar surface area (TPSA) is 74.3 Å². The fraction of sp³-hybridized carbons (Fsp3) is 0.154. The highest BCUT2D eigenvalue weighted by atomic mass is 16.3. The van der Waals surface area contributed by atoms with Crippen molar-refractivity contribution in [3.05, 3.63) is 41.0 Å². The fourth-order valence-electron chi connectivity index (χ4n) is 1.82. The second kappa shape index (κ2) is 3.97. The molecule has 17 heavy (non-hydrogen) atoms. The van der Waals surface area contributed by atoms with Crippen LogP contribution in [-0.2, 0) is 9.59 Å². The second-order valence-corrected chi connectivity index (χ2v) is 3.88. The van der Waals surface area contributed by atoms with Crippen LogP contribution in [-0.4, -0.2) is 17.3 Å². The molecular weight excluding hydrogens is 220 g/mol. The van der Waals surface area contributed by atoms with Gasteiger partial charge in [0.25, 0.3) is 0 Å². The van der Waals surface area contributed by atoms with Gasteiger partial charge in [-0.1, -0.05) is 30.0 Å². The standard InChI is InChI=1S/C13H10O4/c1-7(14)6-10(15)11-12(16)8-4-2-3-5-9(8)13(11)17/h2-5,16H,6H2,1H3/p-1. The van der Waals surface area contributed by atoms with Crippen molar-refractivity contribution >= 4 is 23.1 Å². The minimum atomic E-state index is -0.691. The molecule has 0 unspecified atom stereocenters. The van der Waals surface area contributed by atoms with Gasteiger partial charge in [-0.3, -0.25) is 14.4 Å². The van der Waals surface area contributed by atoms with Crippen LogP contribution in [0, 0.1) is 0 Å². The zero-order valence-electron chi connectivity index (χ0n) is 9.15. The molecule has 1 aliphatic rings. The van der Waals surface area contributed by atoms with Crippen molar-refractivity contribution in [2.45, 2.75) is 13.3 Å². The number of ketones is 3. The van der Waals surface area contributed by atoms with Crippen LogP contribution in [0.2, 0.25) is 0 Å². The Bertz CT molecular complexity index is 567. The molecule has 86 valence electrons. The maximum absolute atomic E-state index is 11.8. The summed E-state index contributed by atoms with van der Waals surface area (Å²) in [6, 6.07) is 6.26. The average molecular weight is 229 g/mol. The van der Waals surface area contributed by atoms with Crippen LogP contribution in [0.25, 0.3) is 5.76 Å². The van der Waals surface area contributed by atoms with Crippen molar-refractivity contribution in [2.24, 2.45) is 0 Å². The number of hydrogen-bond acceptors (Lipinski definition) is 4. The Morgan fingerprint density at radius 3 is 2.29 bits per heavy atom. The lowest BCUT2D eigenvalue weighted by Gasteiger charge is -2.09. The van der Waals surface area contributed by atoms with Crippen molar-refractivity contribution in [1.82, 2.24) is 0 Å². The first-order valence-electron chi connectivity index (χ1n) is 5.10. The summed E-state index contributed by atoms with van der Waals surface area (Å²) in [6.07, 6.45) is -0.402. The monoisotopic (exact) mass is 229 g/mol. The third-order valence-corrected chi connectivity index (χ3v) is 2.56. The van der Waals surface area contributed by atoms with E-state index in [0.717, 1.165) is 0 Å². The summed E-state index contributed by atoms with van der Waals surface area (Å²) in [5.41, 5.74) is 0.0928. The first kappa shape index (κ1) is 11.3. The summed E-state index contributed by atoms with van der Waals surface area (Å²) >= 11 is 0. The normalized spacial score (nSPS) is 13.8. The van der Waals surface area contributed by atoms with Gasteiger partial charge in [-0.15, -0.1) is 0 Å². The molecule has 0 saturated carbocycles. The SMILES string of the molecule is CC(=O)CC(=O)C1=C([O-])c2ccccc2C1=O. The molecule has 0 aromatic heterocycles. The number of carbonyl (C=O) groups excluding carboxylic acids is 3. The third kappa shape index (κ3) is 1.78. The maximum Gasteiger partial charge on any atom is 0.196 e. The predicted octanol–water partition coefficient (Wildman–Crippen LogP) is 0.502. The van der Waals surface area contributed by atoms with Gasteiger partial charge in [0.15, 0.2) is 11.6 Å². The van der Waals surface area contributed by atoms with Gasteiger partial charge >= 0.3 is 0 Å². The summed E-state index contributed by atoms with van der Waals surface area (Å²) in [6.45, 7) is 1.25. The lowest BCUT2D eigenvalue weighted by molar-refractivity contribution is -0.244. The van der Waals surface area contributed by atoms with E-state index in [9.17, 15) is 19.5 Å². The number of rotatable bonds is 3. The van der Waals surface area contributed by atoms with E-state index in [1.807, 2.05) is 0 Å². The van der Waals surface area contributed by atoms with Crippen molar-refractivity contribution in [1.29, 1.82) is 0 Å². The zero-order chi connectivity index (χ0) is 12.6. The van der Waals surface area contributed by atoms with Crippen LogP contribution >= 0.6 is 0 Å². The van der Waals surface area contributed by atoms with Crippen LogP contribution in [0.1, 0.15) is 29.3 Å². The maximum atomic E-state index is 11.8. The Hall–Kier alpha value is -2.23. The third-order valence-electron chi connectivity index (χ3n) is 2.56. The highest BCUT2D eigenvalue weighted by molar-refractivity contribution is 6.35. The van der Waals surface area contributed by atoms with Crippen molar-refractivity contribution < 1.29 is 19.5 Å². The van der Waals surface area contributed by atoms with Crippen molar-refractivity contribution in [3.63, 3.8) is 0 Å². The van der Waals surface area contributed by atoms with Gasteiger partial charge in [-0.2, -0.15) is 0 Å². The van der Waals surface area contributed by atoms with Crippen LogP contribution in [0.5, 0.6) is 0 Å². The number of allylic oxidation sites excluding steroid dienone is 1. The van der Waals surface area contributed by atoms with E-state index < -0.39 is 23.7 Å². The second-order valence-electron chi connectivity index (χ2n) is 3.88. The molecule has 0 spiro atoms. The highest BCUT2D eigenvalue weighted by Crippen LogP contribution is 2.29. The summed E-state index contributed by atoms with van der Waals surface area (Å²) in [5, 5.41) is 11.8. The van der Waals surface area contributed by atoms with Gasteiger partial charge in [0.2, 0.25) is 0 Å². The smallest absolute Gasteiger partial charge is 0.196 e. The van der Waals surface area contributed by atoms with Gasteiger partial charge in [0, 0.05) is 5.56 Å². The van der Waals surface area contributed by atoms with Crippen molar-refractivity contribution in [3.8, 4) is 0 Å². The molecule has 0 bridgehead atoms. The van der Waals surface area contributed by atoms with Gasteiger partial charge in [0.05, 0.1) is 12.0 Å². The summed E-state index contributed by atoms with van der Waals surface area (Å²) in [5.74, 6) is -2.20. The average Bonchev–Trinajstić information content (AvgIpc) is 2.51. The first-order valence-corrected chi connectivity index (χ1v) is 5.10. The summed E-state index contributed by atoms with van der Waals surface area (Å²) < 4.78 is 0. The Kier molecular flexibility index (Phi) is 2.63. The molecule has 1 aromatic rings. The molecule has 1 aromatic carbocycles. The fourth-order valence-corrected chi connectivity index (χ4v) is 1.82. The van der Waals surface area contributed by atoms with E-state index in [1.54, 1.807) is 12.1 Å². The van der Waals surface area contributed by atoms with E-state index in [2.05, 4.69) is 0 Å². The highest BCUT2D eigenvalue weighted by Gasteiger charge is 2.29. The number of carbonyl (C=O) groups is 3. The molecule has 0 saturated heterocycles. The number of fused-ring (bicyclic) bond motifs is 1. The van der Waals surface area contributed by atoms with E-state index in [1.165, 1.54) is 19.1 Å². The lowest BCUT2D eigenvalue weighted by atomic mass is 10.0. The van der Waals surface area contributed by atoms with Crippen LogP contribution in [0.3, 0.4) is 0 Å². The van der Waals surface area contributed by atoms with Gasteiger partial charge in [0.1, 0.15) is 5.78 Å². The van der Waals surface area contributed by atoms with Gasteiger partial charge < -0.3 is 5.11 Å². The lowest BCUT2D eigenvalue weighted by Crippen LogP contribution is -2.16. The molecule has 2 rings (SSSR count).